The smallest absolute Gasteiger partial charge is 0.257 e. The lowest BCUT2D eigenvalue weighted by molar-refractivity contribution is 1.17. The molecule has 0 atom stereocenters. The standard InChI is InChI=1S/C10H8BrNO/c1-6-5-7-3-2-4-8(11)9(7)10(13)12-6/h2-5H,1H3,(H,12,13). The van der Waals surface area contributed by atoms with Crippen molar-refractivity contribution in [3.8, 4) is 0 Å². The van der Waals surface area contributed by atoms with Gasteiger partial charge in [0, 0.05) is 10.2 Å². The Balaban J connectivity index is 3.03. The van der Waals surface area contributed by atoms with Crippen LogP contribution in [0.2, 0.25) is 0 Å². The van der Waals surface area contributed by atoms with E-state index in [1.807, 2.05) is 31.2 Å². The molecule has 1 N–H and O–H groups in total. The van der Waals surface area contributed by atoms with Crippen molar-refractivity contribution >= 4 is 26.7 Å². The van der Waals surface area contributed by atoms with Gasteiger partial charge in [0.25, 0.3) is 5.56 Å². The van der Waals surface area contributed by atoms with Crippen molar-refractivity contribution in [2.45, 2.75) is 6.92 Å². The Kier molecular flexibility index (Phi) is 1.96. The number of nitrogens with one attached hydrogen (secondary N) is 1. The van der Waals surface area contributed by atoms with Gasteiger partial charge >= 0.3 is 0 Å². The molecule has 0 aliphatic rings. The zero-order valence-corrected chi connectivity index (χ0v) is 8.68. The minimum atomic E-state index is -0.0394. The fraction of sp³-hybridized carbons (Fsp3) is 0.100. The van der Waals surface area contributed by atoms with Crippen molar-refractivity contribution in [1.29, 1.82) is 0 Å². The zero-order valence-electron chi connectivity index (χ0n) is 7.10. The van der Waals surface area contributed by atoms with Crippen LogP contribution >= 0.6 is 15.9 Å². The summed E-state index contributed by atoms with van der Waals surface area (Å²) >= 11 is 3.35. The molecule has 0 bridgehead atoms. The first-order chi connectivity index (χ1) is 6.18. The molecule has 0 spiro atoms. The number of fused-ring (bicyclic) bond motifs is 1. The molecule has 1 aromatic heterocycles. The van der Waals surface area contributed by atoms with E-state index < -0.39 is 0 Å². The van der Waals surface area contributed by atoms with Gasteiger partial charge in [0.05, 0.1) is 5.39 Å². The minimum absolute atomic E-state index is 0.0394. The lowest BCUT2D eigenvalue weighted by atomic mass is 10.1. The van der Waals surface area contributed by atoms with Crippen molar-refractivity contribution in [2.75, 3.05) is 0 Å². The Morgan fingerprint density at radius 3 is 2.92 bits per heavy atom. The quantitative estimate of drug-likeness (QED) is 0.751. The molecule has 0 saturated carbocycles. The summed E-state index contributed by atoms with van der Waals surface area (Å²) in [6, 6.07) is 7.68. The van der Waals surface area contributed by atoms with Crippen LogP contribution in [-0.2, 0) is 0 Å². The molecule has 0 unspecified atom stereocenters. The van der Waals surface area contributed by atoms with E-state index >= 15 is 0 Å². The van der Waals surface area contributed by atoms with Crippen LogP contribution in [0.1, 0.15) is 5.69 Å². The SMILES string of the molecule is Cc1cc2cccc(Br)c2c(=O)[nH]1. The van der Waals surface area contributed by atoms with Gasteiger partial charge < -0.3 is 4.98 Å². The van der Waals surface area contributed by atoms with Crippen LogP contribution in [0.15, 0.2) is 33.5 Å². The molecule has 66 valence electrons. The van der Waals surface area contributed by atoms with E-state index in [0.29, 0.717) is 5.39 Å². The van der Waals surface area contributed by atoms with Crippen LogP contribution in [-0.4, -0.2) is 4.98 Å². The minimum Gasteiger partial charge on any atom is -0.326 e. The summed E-state index contributed by atoms with van der Waals surface area (Å²) in [5.74, 6) is 0. The third-order valence-corrected chi connectivity index (χ3v) is 2.62. The summed E-state index contributed by atoms with van der Waals surface area (Å²) in [5, 5.41) is 1.68. The van der Waals surface area contributed by atoms with Crippen LogP contribution in [0.3, 0.4) is 0 Å². The third-order valence-electron chi connectivity index (χ3n) is 1.96. The maximum Gasteiger partial charge on any atom is 0.257 e. The molecule has 0 radical (unpaired) electrons. The van der Waals surface area contributed by atoms with Crippen molar-refractivity contribution in [3.05, 3.63) is 44.8 Å². The molecule has 1 heterocycles. The molecule has 2 nitrogen and oxygen atoms in total. The number of pyridine rings is 1. The highest BCUT2D eigenvalue weighted by Crippen LogP contribution is 2.19. The number of halogens is 1. The lowest BCUT2D eigenvalue weighted by Gasteiger charge is -2.00. The Bertz CT molecular complexity index is 516. The summed E-state index contributed by atoms with van der Waals surface area (Å²) in [7, 11) is 0. The van der Waals surface area contributed by atoms with Gasteiger partial charge in [-0.3, -0.25) is 4.79 Å². The molecule has 2 aromatic rings. The Labute approximate surface area is 83.7 Å². The van der Waals surface area contributed by atoms with Gasteiger partial charge in [-0.1, -0.05) is 12.1 Å². The molecule has 0 aliphatic heterocycles. The number of aromatic amines is 1. The van der Waals surface area contributed by atoms with E-state index in [1.54, 1.807) is 0 Å². The largest absolute Gasteiger partial charge is 0.326 e. The van der Waals surface area contributed by atoms with E-state index in [2.05, 4.69) is 20.9 Å². The van der Waals surface area contributed by atoms with Gasteiger partial charge in [-0.2, -0.15) is 0 Å². The van der Waals surface area contributed by atoms with E-state index in [9.17, 15) is 4.79 Å². The third kappa shape index (κ3) is 1.40. The maximum atomic E-state index is 11.5. The van der Waals surface area contributed by atoms with Crippen LogP contribution in [0, 0.1) is 6.92 Å². The molecule has 3 heteroatoms. The average molecular weight is 238 g/mol. The van der Waals surface area contributed by atoms with Gasteiger partial charge in [-0.05, 0) is 40.4 Å². The number of rotatable bonds is 0. The number of aromatic nitrogens is 1. The molecular weight excluding hydrogens is 230 g/mol. The molecule has 0 amide bonds. The number of hydrogen-bond donors (Lipinski definition) is 1. The second-order valence-corrected chi connectivity index (χ2v) is 3.84. The molecule has 2 rings (SSSR count). The Hall–Kier alpha value is -1.09. The summed E-state index contributed by atoms with van der Waals surface area (Å²) in [6.07, 6.45) is 0. The van der Waals surface area contributed by atoms with Gasteiger partial charge in [0.2, 0.25) is 0 Å². The molecule has 13 heavy (non-hydrogen) atoms. The topological polar surface area (TPSA) is 32.9 Å². The molecule has 1 aromatic carbocycles. The van der Waals surface area contributed by atoms with Gasteiger partial charge in [-0.25, -0.2) is 0 Å². The van der Waals surface area contributed by atoms with Crippen LogP contribution in [0.5, 0.6) is 0 Å². The zero-order chi connectivity index (χ0) is 9.42. The first kappa shape index (κ1) is 8.51. The van der Waals surface area contributed by atoms with Crippen molar-refractivity contribution in [1.82, 2.24) is 4.98 Å². The van der Waals surface area contributed by atoms with E-state index in [0.717, 1.165) is 15.6 Å². The first-order valence-corrected chi connectivity index (χ1v) is 4.76. The Morgan fingerprint density at radius 1 is 1.38 bits per heavy atom. The normalized spacial score (nSPS) is 10.6. The molecule has 0 saturated heterocycles. The fourth-order valence-corrected chi connectivity index (χ4v) is 1.97. The predicted octanol–water partition coefficient (Wildman–Crippen LogP) is 2.60. The van der Waals surface area contributed by atoms with E-state index in [-0.39, 0.29) is 5.56 Å². The summed E-state index contributed by atoms with van der Waals surface area (Å²) in [6.45, 7) is 1.88. The number of hydrogen-bond acceptors (Lipinski definition) is 1. The van der Waals surface area contributed by atoms with E-state index in [1.165, 1.54) is 0 Å². The predicted molar refractivity (Wildman–Crippen MR) is 57.0 cm³/mol. The van der Waals surface area contributed by atoms with Gasteiger partial charge in [-0.15, -0.1) is 0 Å². The van der Waals surface area contributed by atoms with Gasteiger partial charge in [0.1, 0.15) is 0 Å². The number of aryl methyl sites for hydroxylation is 1. The van der Waals surface area contributed by atoms with Crippen LogP contribution in [0.4, 0.5) is 0 Å². The van der Waals surface area contributed by atoms with Crippen molar-refractivity contribution in [3.63, 3.8) is 0 Å². The molecular formula is C10H8BrNO. The second-order valence-electron chi connectivity index (χ2n) is 2.99. The first-order valence-electron chi connectivity index (χ1n) is 3.96. The summed E-state index contributed by atoms with van der Waals surface area (Å²) < 4.78 is 0.839. The summed E-state index contributed by atoms with van der Waals surface area (Å²) in [4.78, 5) is 14.3. The van der Waals surface area contributed by atoms with Crippen molar-refractivity contribution in [2.24, 2.45) is 0 Å². The lowest BCUT2D eigenvalue weighted by Crippen LogP contribution is -2.07. The highest BCUT2D eigenvalue weighted by Gasteiger charge is 2.02. The van der Waals surface area contributed by atoms with Crippen LogP contribution in [0.25, 0.3) is 10.8 Å². The Morgan fingerprint density at radius 2 is 2.15 bits per heavy atom. The highest BCUT2D eigenvalue weighted by molar-refractivity contribution is 9.10. The van der Waals surface area contributed by atoms with Crippen LogP contribution < -0.4 is 5.56 Å². The molecule has 0 fully saturated rings. The second kappa shape index (κ2) is 3.00. The summed E-state index contributed by atoms with van der Waals surface area (Å²) in [5.41, 5.74) is 0.845. The number of H-pyrrole nitrogens is 1. The average Bonchev–Trinajstić information content (AvgIpc) is 2.02. The number of benzene rings is 1. The fourth-order valence-electron chi connectivity index (χ4n) is 1.41. The van der Waals surface area contributed by atoms with Crippen molar-refractivity contribution < 1.29 is 0 Å². The monoisotopic (exact) mass is 237 g/mol. The highest BCUT2D eigenvalue weighted by atomic mass is 79.9. The maximum absolute atomic E-state index is 11.5. The van der Waals surface area contributed by atoms with E-state index in [4.69, 9.17) is 0 Å². The van der Waals surface area contributed by atoms with Gasteiger partial charge in [0.15, 0.2) is 0 Å². The molecule has 0 aliphatic carbocycles.